The fourth-order valence-electron chi connectivity index (χ4n) is 7.30. The third kappa shape index (κ3) is 9.71. The van der Waals surface area contributed by atoms with E-state index in [4.69, 9.17) is 28.4 Å². The topological polar surface area (TPSA) is 198 Å². The van der Waals surface area contributed by atoms with E-state index in [1.165, 1.54) is 32.9 Å². The third-order valence-electron chi connectivity index (χ3n) is 9.56. The summed E-state index contributed by atoms with van der Waals surface area (Å²) in [5.74, 6) is -8.37. The fraction of sp³-hybridized carbons (Fsp3) is 0.590. The van der Waals surface area contributed by atoms with Crippen LogP contribution < -0.4 is 0 Å². The lowest BCUT2D eigenvalue weighted by Gasteiger charge is -2.45. The minimum Gasteiger partial charge on any atom is -0.459 e. The molecule has 14 heteroatoms. The molecular formula is C39H52O14. The average Bonchev–Trinajstić information content (AvgIpc) is 3.26. The van der Waals surface area contributed by atoms with E-state index >= 15 is 0 Å². The molecule has 53 heavy (non-hydrogen) atoms. The smallest absolute Gasteiger partial charge is 0.338 e. The summed E-state index contributed by atoms with van der Waals surface area (Å²) < 4.78 is 35.1. The van der Waals surface area contributed by atoms with Gasteiger partial charge in [0, 0.05) is 51.0 Å². The van der Waals surface area contributed by atoms with E-state index in [2.05, 4.69) is 6.58 Å². The number of ether oxygens (including phenoxy) is 6. The van der Waals surface area contributed by atoms with Gasteiger partial charge in [0.25, 0.3) is 0 Å². The lowest BCUT2D eigenvalue weighted by molar-refractivity contribution is -0.194. The molecule has 0 heterocycles. The van der Waals surface area contributed by atoms with Gasteiger partial charge in [0.1, 0.15) is 35.6 Å². The van der Waals surface area contributed by atoms with Gasteiger partial charge in [0.15, 0.2) is 12.2 Å². The molecule has 0 radical (unpaired) electrons. The molecule has 0 amide bonds. The molecule has 1 saturated carbocycles. The van der Waals surface area contributed by atoms with Crippen LogP contribution in [0.15, 0.2) is 54.6 Å². The van der Waals surface area contributed by atoms with Crippen LogP contribution in [0.2, 0.25) is 0 Å². The molecule has 292 valence electrons. The first-order valence-electron chi connectivity index (χ1n) is 17.4. The normalized spacial score (nSPS) is 32.6. The number of benzene rings is 1. The first-order valence-corrected chi connectivity index (χ1v) is 17.4. The van der Waals surface area contributed by atoms with Crippen LogP contribution in [0, 0.1) is 23.2 Å². The molecule has 0 bridgehead atoms. The monoisotopic (exact) mass is 744 g/mol. The molecule has 2 N–H and O–H groups in total. The van der Waals surface area contributed by atoms with Crippen molar-refractivity contribution in [3.8, 4) is 0 Å². The fourth-order valence-corrected chi connectivity index (χ4v) is 7.30. The maximum atomic E-state index is 13.8. The molecule has 1 aromatic carbocycles. The Bertz CT molecular complexity index is 1600. The number of carbonyl (C=O) groups excluding carboxylic acids is 6. The molecule has 1 fully saturated rings. The lowest BCUT2D eigenvalue weighted by atomic mass is 9.71. The van der Waals surface area contributed by atoms with Gasteiger partial charge in [-0.3, -0.25) is 24.0 Å². The maximum absolute atomic E-state index is 13.8. The largest absolute Gasteiger partial charge is 0.459 e. The van der Waals surface area contributed by atoms with Crippen molar-refractivity contribution in [1.29, 1.82) is 0 Å². The van der Waals surface area contributed by atoms with Crippen molar-refractivity contribution in [2.24, 2.45) is 23.2 Å². The summed E-state index contributed by atoms with van der Waals surface area (Å²) in [6, 6.07) is 7.80. The minimum absolute atomic E-state index is 0.0857. The van der Waals surface area contributed by atoms with E-state index in [1.807, 2.05) is 0 Å². The predicted octanol–water partition coefficient (Wildman–Crippen LogP) is 3.80. The summed E-state index contributed by atoms with van der Waals surface area (Å²) in [6.45, 7) is 17.9. The van der Waals surface area contributed by atoms with E-state index in [0.29, 0.717) is 0 Å². The summed E-state index contributed by atoms with van der Waals surface area (Å²) in [7, 11) is 0. The Morgan fingerprint density at radius 1 is 0.774 bits per heavy atom. The molecule has 0 aromatic heterocycles. The molecule has 0 saturated heterocycles. The molecule has 0 aliphatic heterocycles. The third-order valence-corrected chi connectivity index (χ3v) is 9.56. The number of hydrogen-bond donors (Lipinski definition) is 2. The summed E-state index contributed by atoms with van der Waals surface area (Å²) >= 11 is 0. The number of esters is 6. The molecule has 2 aliphatic carbocycles. The van der Waals surface area contributed by atoms with Gasteiger partial charge in [-0.05, 0) is 19.1 Å². The van der Waals surface area contributed by atoms with Crippen LogP contribution in [0.5, 0.6) is 0 Å². The van der Waals surface area contributed by atoms with Crippen LogP contribution in [0.1, 0.15) is 86.0 Å². The summed E-state index contributed by atoms with van der Waals surface area (Å²) in [5, 5.41) is 25.2. The van der Waals surface area contributed by atoms with Gasteiger partial charge in [0.05, 0.1) is 17.4 Å². The van der Waals surface area contributed by atoms with Crippen LogP contribution >= 0.6 is 0 Å². The van der Waals surface area contributed by atoms with Crippen molar-refractivity contribution in [2.45, 2.75) is 123 Å². The highest BCUT2D eigenvalue weighted by molar-refractivity contribution is 5.89. The number of hydrogen-bond acceptors (Lipinski definition) is 14. The first kappa shape index (κ1) is 42.8. The number of aliphatic hydroxyl groups is 2. The molecule has 14 nitrogen and oxygen atoms in total. The van der Waals surface area contributed by atoms with Gasteiger partial charge in [-0.15, -0.1) is 0 Å². The van der Waals surface area contributed by atoms with Crippen molar-refractivity contribution in [2.75, 3.05) is 0 Å². The Hall–Kier alpha value is -4.56. The molecule has 10 atom stereocenters. The van der Waals surface area contributed by atoms with Crippen LogP contribution in [0.4, 0.5) is 0 Å². The van der Waals surface area contributed by atoms with E-state index in [-0.39, 0.29) is 11.1 Å². The van der Waals surface area contributed by atoms with Gasteiger partial charge in [-0.1, -0.05) is 71.5 Å². The number of aliphatic hydroxyl groups excluding tert-OH is 1. The second-order valence-corrected chi connectivity index (χ2v) is 15.0. The Morgan fingerprint density at radius 3 is 1.83 bits per heavy atom. The summed E-state index contributed by atoms with van der Waals surface area (Å²) in [6.07, 6.45) is -7.41. The molecule has 8 unspecified atom stereocenters. The quantitative estimate of drug-likeness (QED) is 0.221. The van der Waals surface area contributed by atoms with Crippen LogP contribution in [-0.4, -0.2) is 93.9 Å². The standard InChI is InChI=1S/C39H52O14/c1-20(2)35(45)51-31-22(4)30(48-23(5)40)28-33(52-36(46)27-15-13-12-14-16-27)38(11,53-26(8)43)19-39(28,47)32(49-24(6)41)21(3)17-18-37(9,10)34(29(31)44)50-25(7)42/h12-18,20-21,28-34,44,47H,4,19H2,1-3,5-11H3/t21?,28?,29?,30?,31?,32?,33?,34?,38-,39-/m1/s1. The Labute approximate surface area is 309 Å². The minimum atomic E-state index is -2.36. The van der Waals surface area contributed by atoms with Crippen molar-refractivity contribution >= 4 is 35.8 Å². The van der Waals surface area contributed by atoms with Crippen molar-refractivity contribution in [3.63, 3.8) is 0 Å². The van der Waals surface area contributed by atoms with Crippen LogP contribution in [0.3, 0.4) is 0 Å². The SMILES string of the molecule is C=C1C(OC(=O)C(C)C)C(O)C(OC(C)=O)C(C)(C)C=CC(C)C(OC(C)=O)[C@@]2(O)C[C@@](C)(OC(C)=O)C(OC(=O)c3ccccc3)C2C1OC(C)=O. The summed E-state index contributed by atoms with van der Waals surface area (Å²) in [5.41, 5.74) is -5.69. The van der Waals surface area contributed by atoms with E-state index in [1.54, 1.807) is 51.1 Å². The maximum Gasteiger partial charge on any atom is 0.338 e. The zero-order chi connectivity index (χ0) is 40.2. The lowest BCUT2D eigenvalue weighted by Crippen LogP contribution is -2.59. The second-order valence-electron chi connectivity index (χ2n) is 15.0. The highest BCUT2D eigenvalue weighted by Gasteiger charge is 2.70. The number of fused-ring (bicyclic) bond motifs is 1. The molecule has 1 aromatic rings. The summed E-state index contributed by atoms with van der Waals surface area (Å²) in [4.78, 5) is 78.0. The van der Waals surface area contributed by atoms with Gasteiger partial charge in [-0.25, -0.2) is 4.79 Å². The molecule has 0 spiro atoms. The van der Waals surface area contributed by atoms with Crippen molar-refractivity contribution in [3.05, 3.63) is 60.2 Å². The van der Waals surface area contributed by atoms with Gasteiger partial charge in [0.2, 0.25) is 0 Å². The van der Waals surface area contributed by atoms with Crippen LogP contribution in [-0.2, 0) is 52.4 Å². The number of carbonyl (C=O) groups is 6. The Kier molecular flexibility index (Phi) is 13.4. The highest BCUT2D eigenvalue weighted by Crippen LogP contribution is 2.54. The zero-order valence-corrected chi connectivity index (χ0v) is 31.9. The van der Waals surface area contributed by atoms with Gasteiger partial charge >= 0.3 is 35.8 Å². The second kappa shape index (κ2) is 16.6. The van der Waals surface area contributed by atoms with Gasteiger partial charge in [-0.2, -0.15) is 0 Å². The van der Waals surface area contributed by atoms with Crippen molar-refractivity contribution in [1.82, 2.24) is 0 Å². The molecular weight excluding hydrogens is 692 g/mol. The Balaban J connectivity index is 2.51. The van der Waals surface area contributed by atoms with E-state index in [0.717, 1.165) is 27.7 Å². The molecule has 2 aliphatic rings. The predicted molar refractivity (Wildman–Crippen MR) is 187 cm³/mol. The average molecular weight is 745 g/mol. The van der Waals surface area contributed by atoms with Crippen molar-refractivity contribution < 1.29 is 67.4 Å². The number of rotatable bonds is 8. The Morgan fingerprint density at radius 2 is 1.32 bits per heavy atom. The molecule has 3 rings (SSSR count). The van der Waals surface area contributed by atoms with E-state index < -0.39 is 113 Å². The van der Waals surface area contributed by atoms with Crippen LogP contribution in [0.25, 0.3) is 0 Å². The van der Waals surface area contributed by atoms with Gasteiger partial charge < -0.3 is 38.6 Å². The first-order chi connectivity index (χ1) is 24.4. The van der Waals surface area contributed by atoms with E-state index in [9.17, 15) is 39.0 Å². The zero-order valence-electron chi connectivity index (χ0n) is 31.9. The highest BCUT2D eigenvalue weighted by atomic mass is 16.6.